The van der Waals surface area contributed by atoms with Crippen LogP contribution in [0.2, 0.25) is 0 Å². The van der Waals surface area contributed by atoms with E-state index < -0.39 is 0 Å². The second kappa shape index (κ2) is 9.22. The van der Waals surface area contributed by atoms with Gasteiger partial charge in [0, 0.05) is 17.9 Å². The van der Waals surface area contributed by atoms with E-state index in [-0.39, 0.29) is 0 Å². The van der Waals surface area contributed by atoms with Gasteiger partial charge in [-0.05, 0) is 52.8 Å². The molecule has 154 valence electrons. The highest BCUT2D eigenvalue weighted by atomic mass is 15.0. The van der Waals surface area contributed by atoms with Crippen LogP contribution in [0.4, 0.5) is 0 Å². The van der Waals surface area contributed by atoms with Crippen molar-refractivity contribution in [3.63, 3.8) is 0 Å². The van der Waals surface area contributed by atoms with Crippen LogP contribution in [-0.4, -0.2) is 4.57 Å². The smallest absolute Gasteiger partial charge is 0.0489 e. The molecule has 0 amide bonds. The van der Waals surface area contributed by atoms with Crippen LogP contribution in [0, 0.1) is 0 Å². The minimum atomic E-state index is 0.600. The Bertz CT molecular complexity index is 1090. The van der Waals surface area contributed by atoms with Crippen molar-refractivity contribution >= 4 is 11.6 Å². The van der Waals surface area contributed by atoms with Crippen LogP contribution >= 0.6 is 0 Å². The van der Waals surface area contributed by atoms with Gasteiger partial charge in [0.05, 0.1) is 0 Å². The zero-order valence-electron chi connectivity index (χ0n) is 18.0. The van der Waals surface area contributed by atoms with Gasteiger partial charge in [-0.25, -0.2) is 0 Å². The highest BCUT2D eigenvalue weighted by molar-refractivity contribution is 5.91. The number of benzene rings is 3. The Morgan fingerprint density at radius 1 is 0.677 bits per heavy atom. The summed E-state index contributed by atoms with van der Waals surface area (Å²) in [5.41, 5.74) is 7.67. The molecule has 0 aliphatic heterocycles. The van der Waals surface area contributed by atoms with Crippen molar-refractivity contribution in [2.24, 2.45) is 0 Å². The summed E-state index contributed by atoms with van der Waals surface area (Å²) in [7, 11) is 0. The predicted molar refractivity (Wildman–Crippen MR) is 132 cm³/mol. The van der Waals surface area contributed by atoms with Crippen LogP contribution in [0.3, 0.4) is 0 Å². The summed E-state index contributed by atoms with van der Waals surface area (Å²) in [5, 5.41) is 0. The number of hydrogen-bond donors (Lipinski definition) is 0. The van der Waals surface area contributed by atoms with Crippen molar-refractivity contribution in [2.75, 3.05) is 0 Å². The summed E-state index contributed by atoms with van der Waals surface area (Å²) in [6.45, 7) is 0. The highest BCUT2D eigenvalue weighted by Crippen LogP contribution is 2.35. The molecular formula is C30H29N. The van der Waals surface area contributed by atoms with Crippen molar-refractivity contribution in [3.05, 3.63) is 120 Å². The maximum atomic E-state index is 2.55. The Balaban J connectivity index is 1.63. The summed E-state index contributed by atoms with van der Waals surface area (Å²) in [4.78, 5) is 0. The molecular weight excluding hydrogens is 374 g/mol. The van der Waals surface area contributed by atoms with E-state index in [1.807, 2.05) is 0 Å². The van der Waals surface area contributed by atoms with E-state index in [0.29, 0.717) is 6.04 Å². The number of aromatic nitrogens is 1. The second-order valence-electron chi connectivity index (χ2n) is 8.51. The van der Waals surface area contributed by atoms with Gasteiger partial charge >= 0.3 is 0 Å². The summed E-state index contributed by atoms with van der Waals surface area (Å²) in [6, 6.07) is 35.3. The molecule has 1 aliphatic rings. The normalized spacial score (nSPS) is 14.3. The fourth-order valence-electron chi connectivity index (χ4n) is 4.82. The van der Waals surface area contributed by atoms with Gasteiger partial charge in [0.25, 0.3) is 0 Å². The van der Waals surface area contributed by atoms with Crippen LogP contribution in [0.1, 0.15) is 54.8 Å². The Labute approximate surface area is 185 Å². The first-order valence-corrected chi connectivity index (χ1v) is 11.5. The van der Waals surface area contributed by atoms with Gasteiger partial charge in [-0.3, -0.25) is 0 Å². The molecule has 1 aromatic heterocycles. The standard InChI is InChI=1S/C30H29N/c1-5-13-25(14-6-1)29(26-15-7-2-8-16-26)21-24-22-30(27-17-9-3-10-18-27)31(23-24)28-19-11-4-12-20-28/h1-3,5-10,13-18,21-23,28H,4,11-12,19-20H2. The zero-order chi connectivity index (χ0) is 20.9. The monoisotopic (exact) mass is 403 g/mol. The minimum Gasteiger partial charge on any atom is -0.344 e. The van der Waals surface area contributed by atoms with Gasteiger partial charge in [0.1, 0.15) is 0 Å². The molecule has 0 bridgehead atoms. The summed E-state index contributed by atoms with van der Waals surface area (Å²) in [5.74, 6) is 0. The molecule has 1 aliphatic carbocycles. The van der Waals surface area contributed by atoms with Gasteiger partial charge in [0.2, 0.25) is 0 Å². The third-order valence-corrected chi connectivity index (χ3v) is 6.39. The lowest BCUT2D eigenvalue weighted by molar-refractivity contribution is 0.356. The maximum Gasteiger partial charge on any atom is 0.0489 e. The molecule has 0 atom stereocenters. The van der Waals surface area contributed by atoms with E-state index in [4.69, 9.17) is 0 Å². The SMILES string of the molecule is C(=C(c1ccccc1)c1ccccc1)c1cc(-c2ccccc2)n(C2CCCCC2)c1. The van der Waals surface area contributed by atoms with Crippen molar-refractivity contribution in [1.82, 2.24) is 4.57 Å². The summed E-state index contributed by atoms with van der Waals surface area (Å²) >= 11 is 0. The first kappa shape index (κ1) is 19.6. The average Bonchev–Trinajstić information content (AvgIpc) is 3.29. The van der Waals surface area contributed by atoms with E-state index in [9.17, 15) is 0 Å². The number of rotatable bonds is 5. The quantitative estimate of drug-likeness (QED) is 0.316. The lowest BCUT2D eigenvalue weighted by atomic mass is 9.95. The highest BCUT2D eigenvalue weighted by Gasteiger charge is 2.19. The van der Waals surface area contributed by atoms with Crippen LogP contribution in [-0.2, 0) is 0 Å². The van der Waals surface area contributed by atoms with Gasteiger partial charge in [-0.15, -0.1) is 0 Å². The molecule has 5 rings (SSSR count). The van der Waals surface area contributed by atoms with Crippen LogP contribution in [0.5, 0.6) is 0 Å². The summed E-state index contributed by atoms with van der Waals surface area (Å²) in [6.07, 6.45) is 11.3. The van der Waals surface area contributed by atoms with E-state index >= 15 is 0 Å². The molecule has 31 heavy (non-hydrogen) atoms. The van der Waals surface area contributed by atoms with Crippen LogP contribution < -0.4 is 0 Å². The summed E-state index contributed by atoms with van der Waals surface area (Å²) < 4.78 is 2.55. The molecule has 0 unspecified atom stereocenters. The number of hydrogen-bond acceptors (Lipinski definition) is 0. The first-order chi connectivity index (χ1) is 15.4. The van der Waals surface area contributed by atoms with Crippen molar-refractivity contribution in [3.8, 4) is 11.3 Å². The van der Waals surface area contributed by atoms with Crippen molar-refractivity contribution < 1.29 is 0 Å². The van der Waals surface area contributed by atoms with Gasteiger partial charge in [-0.1, -0.05) is 110 Å². The molecule has 1 heterocycles. The van der Waals surface area contributed by atoms with E-state index in [0.717, 1.165) is 0 Å². The number of nitrogens with zero attached hydrogens (tertiary/aromatic N) is 1. The largest absolute Gasteiger partial charge is 0.344 e. The molecule has 4 aromatic rings. The van der Waals surface area contributed by atoms with Gasteiger partial charge < -0.3 is 4.57 Å². The zero-order valence-corrected chi connectivity index (χ0v) is 18.0. The van der Waals surface area contributed by atoms with E-state index in [1.165, 1.54) is 65.6 Å². The molecule has 1 heteroatoms. The van der Waals surface area contributed by atoms with E-state index in [1.54, 1.807) is 0 Å². The van der Waals surface area contributed by atoms with Crippen molar-refractivity contribution in [2.45, 2.75) is 38.1 Å². The lowest BCUT2D eigenvalue weighted by Gasteiger charge is -2.25. The van der Waals surface area contributed by atoms with E-state index in [2.05, 4.69) is 114 Å². The molecule has 3 aromatic carbocycles. The Morgan fingerprint density at radius 3 is 1.81 bits per heavy atom. The topological polar surface area (TPSA) is 4.93 Å². The lowest BCUT2D eigenvalue weighted by Crippen LogP contribution is -2.12. The molecule has 0 radical (unpaired) electrons. The minimum absolute atomic E-state index is 0.600. The molecule has 0 saturated heterocycles. The Morgan fingerprint density at radius 2 is 1.23 bits per heavy atom. The predicted octanol–water partition coefficient (Wildman–Crippen LogP) is 8.25. The van der Waals surface area contributed by atoms with Crippen LogP contribution in [0.25, 0.3) is 22.9 Å². The van der Waals surface area contributed by atoms with Crippen molar-refractivity contribution in [1.29, 1.82) is 0 Å². The van der Waals surface area contributed by atoms with Crippen LogP contribution in [0.15, 0.2) is 103 Å². The molecule has 0 spiro atoms. The third-order valence-electron chi connectivity index (χ3n) is 6.39. The Kier molecular flexibility index (Phi) is 5.84. The maximum absolute atomic E-state index is 2.55. The average molecular weight is 404 g/mol. The fraction of sp³-hybridized carbons (Fsp3) is 0.200. The van der Waals surface area contributed by atoms with Gasteiger partial charge in [-0.2, -0.15) is 0 Å². The molecule has 0 N–H and O–H groups in total. The molecule has 1 nitrogen and oxygen atoms in total. The van der Waals surface area contributed by atoms with Gasteiger partial charge in [0.15, 0.2) is 0 Å². The third kappa shape index (κ3) is 4.41. The molecule has 1 fully saturated rings. The fourth-order valence-corrected chi connectivity index (χ4v) is 4.82. The first-order valence-electron chi connectivity index (χ1n) is 11.5. The Hall–Kier alpha value is -3.32. The second-order valence-corrected chi connectivity index (χ2v) is 8.51. The molecule has 1 saturated carbocycles.